The van der Waals surface area contributed by atoms with Gasteiger partial charge in [0.05, 0.1) is 17.8 Å². The van der Waals surface area contributed by atoms with Crippen LogP contribution in [0.4, 0.5) is 4.79 Å². The van der Waals surface area contributed by atoms with Gasteiger partial charge in [-0.2, -0.15) is 5.10 Å². The molecular formula is C17H18BrN6O5+. The number of nitrogens with zero attached hydrogens (tertiary/aromatic N) is 5. The summed E-state index contributed by atoms with van der Waals surface area (Å²) in [6, 6.07) is 1.83. The summed E-state index contributed by atoms with van der Waals surface area (Å²) in [5, 5.41) is 13.7. The fourth-order valence-corrected chi connectivity index (χ4v) is 3.34. The molecule has 2 aliphatic heterocycles. The van der Waals surface area contributed by atoms with Crippen LogP contribution in [0.2, 0.25) is 0 Å². The number of hydrazone groups is 1. The molecule has 152 valence electrons. The minimum atomic E-state index is -0.838. The average molecular weight is 466 g/mol. The van der Waals surface area contributed by atoms with Gasteiger partial charge in [-0.15, -0.1) is 0 Å². The van der Waals surface area contributed by atoms with E-state index in [1.807, 2.05) is 0 Å². The number of carbonyl (C=O) groups excluding carboxylic acids is 3. The SMILES string of the molecule is COc1cc(/C=N\NC(=O)C[N+]2=CN=C3C2C(=O)N(C)C(=O)N3C)cc(Br)c1O. The Hall–Kier alpha value is -3.28. The third-order valence-electron chi connectivity index (χ3n) is 4.40. The van der Waals surface area contributed by atoms with Crippen molar-refractivity contribution >= 4 is 52.2 Å². The van der Waals surface area contributed by atoms with E-state index in [1.54, 1.807) is 12.1 Å². The normalized spacial score (nSPS) is 18.7. The maximum Gasteiger partial charge on any atom is 0.333 e. The molecule has 0 aliphatic carbocycles. The number of aromatic hydroxyl groups is 1. The van der Waals surface area contributed by atoms with E-state index >= 15 is 0 Å². The van der Waals surface area contributed by atoms with Crippen molar-refractivity contribution in [3.63, 3.8) is 0 Å². The van der Waals surface area contributed by atoms with E-state index < -0.39 is 23.9 Å². The Bertz CT molecular complexity index is 989. The van der Waals surface area contributed by atoms with Crippen LogP contribution in [-0.2, 0) is 9.59 Å². The molecule has 1 fully saturated rings. The molecule has 4 amide bonds. The summed E-state index contributed by atoms with van der Waals surface area (Å²) in [6.45, 7) is -0.181. The third-order valence-corrected chi connectivity index (χ3v) is 5.00. The van der Waals surface area contributed by atoms with Crippen LogP contribution in [0, 0.1) is 0 Å². The smallest absolute Gasteiger partial charge is 0.333 e. The minimum Gasteiger partial charge on any atom is -0.503 e. The monoisotopic (exact) mass is 465 g/mol. The number of urea groups is 1. The van der Waals surface area contributed by atoms with Gasteiger partial charge in [0.15, 0.2) is 18.0 Å². The van der Waals surface area contributed by atoms with Crippen LogP contribution < -0.4 is 10.2 Å². The molecule has 0 spiro atoms. The number of phenolic OH excluding ortho intramolecular Hbond substituents is 1. The van der Waals surface area contributed by atoms with Crippen molar-refractivity contribution in [3.8, 4) is 11.5 Å². The van der Waals surface area contributed by atoms with Gasteiger partial charge in [-0.1, -0.05) is 0 Å². The summed E-state index contributed by atoms with van der Waals surface area (Å²) < 4.78 is 6.90. The first-order chi connectivity index (χ1) is 13.7. The van der Waals surface area contributed by atoms with E-state index in [4.69, 9.17) is 4.74 Å². The van der Waals surface area contributed by atoms with Crippen LogP contribution >= 0.6 is 15.9 Å². The standard InChI is InChI=1S/C17H17BrN6O5/c1-22-15-13(16(27)23(2)17(22)28)24(8-19-15)7-12(25)21-20-6-9-4-10(18)14(26)11(5-9)29-3/h4-6,8,13H,7H2,1-3H3,(H-,20,21,25,26)/p+1. The van der Waals surface area contributed by atoms with Gasteiger partial charge in [-0.3, -0.25) is 19.4 Å². The molecule has 0 aromatic heterocycles. The number of methoxy groups -OCH3 is 1. The van der Waals surface area contributed by atoms with E-state index in [9.17, 15) is 19.5 Å². The number of fused-ring (bicyclic) bond motifs is 1. The number of halogens is 1. The number of benzene rings is 1. The second-order valence-electron chi connectivity index (χ2n) is 6.26. The summed E-state index contributed by atoms with van der Waals surface area (Å²) in [5.74, 6) is -0.455. The van der Waals surface area contributed by atoms with Crippen LogP contribution in [0.1, 0.15) is 5.56 Å². The van der Waals surface area contributed by atoms with Crippen LogP contribution in [0.15, 0.2) is 26.7 Å². The van der Waals surface area contributed by atoms with E-state index in [0.717, 1.165) is 4.90 Å². The van der Waals surface area contributed by atoms with E-state index in [1.165, 1.54) is 43.2 Å². The largest absolute Gasteiger partial charge is 0.503 e. The number of amidine groups is 1. The second kappa shape index (κ2) is 7.99. The Balaban J connectivity index is 1.64. The van der Waals surface area contributed by atoms with E-state index in [2.05, 4.69) is 31.4 Å². The number of amides is 4. The molecule has 1 aromatic rings. The number of aliphatic imine (C=N–C) groups is 1. The molecule has 0 bridgehead atoms. The van der Waals surface area contributed by atoms with Crippen molar-refractivity contribution in [2.75, 3.05) is 27.7 Å². The predicted molar refractivity (Wildman–Crippen MR) is 106 cm³/mol. The Kier molecular flexibility index (Phi) is 5.64. The zero-order valence-electron chi connectivity index (χ0n) is 15.8. The summed E-state index contributed by atoms with van der Waals surface area (Å²) >= 11 is 3.20. The second-order valence-corrected chi connectivity index (χ2v) is 7.12. The fourth-order valence-electron chi connectivity index (χ4n) is 2.88. The first-order valence-electron chi connectivity index (χ1n) is 8.35. The Morgan fingerprint density at radius 2 is 2.14 bits per heavy atom. The number of hydrogen-bond acceptors (Lipinski definition) is 7. The molecule has 3 rings (SSSR count). The van der Waals surface area contributed by atoms with Gasteiger partial charge >= 0.3 is 6.03 Å². The molecule has 11 nitrogen and oxygen atoms in total. The summed E-state index contributed by atoms with van der Waals surface area (Å²) in [7, 11) is 4.31. The molecule has 1 unspecified atom stereocenters. The lowest BCUT2D eigenvalue weighted by Crippen LogP contribution is -2.61. The maximum absolute atomic E-state index is 12.4. The molecule has 29 heavy (non-hydrogen) atoms. The molecule has 0 radical (unpaired) electrons. The lowest BCUT2D eigenvalue weighted by molar-refractivity contribution is -0.519. The van der Waals surface area contributed by atoms with E-state index in [-0.39, 0.29) is 23.9 Å². The highest BCUT2D eigenvalue weighted by Gasteiger charge is 2.50. The number of rotatable bonds is 5. The molecule has 1 saturated heterocycles. The Morgan fingerprint density at radius 1 is 1.41 bits per heavy atom. The first-order valence-corrected chi connectivity index (χ1v) is 9.14. The fraction of sp³-hybridized carbons (Fsp3) is 0.294. The zero-order valence-corrected chi connectivity index (χ0v) is 17.4. The number of likely N-dealkylation sites (N-methyl/N-ethyl adjacent to an activating group) is 2. The van der Waals surface area contributed by atoms with Crippen molar-refractivity contribution in [1.29, 1.82) is 0 Å². The molecule has 12 heteroatoms. The average Bonchev–Trinajstić information content (AvgIpc) is 3.10. The van der Waals surface area contributed by atoms with Crippen molar-refractivity contribution in [2.24, 2.45) is 10.1 Å². The van der Waals surface area contributed by atoms with Crippen LogP contribution in [-0.4, -0.2) is 89.5 Å². The van der Waals surface area contributed by atoms with Crippen LogP contribution in [0.3, 0.4) is 0 Å². The van der Waals surface area contributed by atoms with Crippen molar-refractivity contribution in [2.45, 2.75) is 6.04 Å². The van der Waals surface area contributed by atoms with Crippen LogP contribution in [0.25, 0.3) is 0 Å². The number of nitrogens with one attached hydrogen (secondary N) is 1. The summed E-state index contributed by atoms with van der Waals surface area (Å²) in [4.78, 5) is 42.9. The summed E-state index contributed by atoms with van der Waals surface area (Å²) in [6.07, 6.45) is 2.73. The molecule has 2 N–H and O–H groups in total. The third kappa shape index (κ3) is 3.83. The van der Waals surface area contributed by atoms with Gasteiger partial charge in [0.25, 0.3) is 30.0 Å². The predicted octanol–water partition coefficient (Wildman–Crippen LogP) is -0.0413. The van der Waals surface area contributed by atoms with Crippen LogP contribution in [0.5, 0.6) is 11.5 Å². The minimum absolute atomic E-state index is 0.0420. The highest BCUT2D eigenvalue weighted by atomic mass is 79.9. The van der Waals surface area contributed by atoms with Crippen molar-refractivity contribution in [1.82, 2.24) is 15.2 Å². The van der Waals surface area contributed by atoms with Gasteiger partial charge in [0, 0.05) is 14.1 Å². The molecule has 0 saturated carbocycles. The van der Waals surface area contributed by atoms with Gasteiger partial charge in [0.1, 0.15) is 0 Å². The van der Waals surface area contributed by atoms with Gasteiger partial charge in [-0.25, -0.2) is 14.8 Å². The van der Waals surface area contributed by atoms with E-state index in [0.29, 0.717) is 10.0 Å². The van der Waals surface area contributed by atoms with Crippen molar-refractivity contribution in [3.05, 3.63) is 22.2 Å². The van der Waals surface area contributed by atoms with Gasteiger partial charge < -0.3 is 9.84 Å². The number of hydrogen-bond donors (Lipinski definition) is 2. The Morgan fingerprint density at radius 3 is 2.83 bits per heavy atom. The molecule has 2 aliphatic rings. The number of carbonyl (C=O) groups is 3. The first kappa shape index (κ1) is 20.5. The lowest BCUT2D eigenvalue weighted by atomic mass is 10.1. The highest BCUT2D eigenvalue weighted by Crippen LogP contribution is 2.34. The van der Waals surface area contributed by atoms with Gasteiger partial charge in [0.2, 0.25) is 0 Å². The van der Waals surface area contributed by atoms with Crippen molar-refractivity contribution < 1.29 is 28.8 Å². The zero-order chi connectivity index (χ0) is 21.3. The quantitative estimate of drug-likeness (QED) is 0.358. The number of imide groups is 1. The summed E-state index contributed by atoms with van der Waals surface area (Å²) in [5.41, 5.74) is 2.94. The topological polar surface area (TPSA) is 127 Å². The lowest BCUT2D eigenvalue weighted by Gasteiger charge is -2.30. The highest BCUT2D eigenvalue weighted by molar-refractivity contribution is 9.10. The molecule has 1 aromatic carbocycles. The van der Waals surface area contributed by atoms with Gasteiger partial charge in [-0.05, 0) is 38.6 Å². The molecular weight excluding hydrogens is 448 g/mol. The number of ether oxygens (including phenoxy) is 1. The maximum atomic E-state index is 12.4. The molecule has 2 heterocycles. The molecule has 1 atom stereocenters. The Labute approximate surface area is 174 Å². The number of phenols is 1.